The third-order valence-corrected chi connectivity index (χ3v) is 4.38. The lowest BCUT2D eigenvalue weighted by Crippen LogP contribution is -2.48. The topological polar surface area (TPSA) is 56.1 Å². The van der Waals surface area contributed by atoms with Gasteiger partial charge in [-0.05, 0) is 23.8 Å². The summed E-state index contributed by atoms with van der Waals surface area (Å²) < 4.78 is 7.51. The first kappa shape index (κ1) is 16.1. The van der Waals surface area contributed by atoms with Gasteiger partial charge in [-0.25, -0.2) is 4.68 Å². The third-order valence-electron chi connectivity index (χ3n) is 4.19. The van der Waals surface area contributed by atoms with E-state index < -0.39 is 0 Å². The summed E-state index contributed by atoms with van der Waals surface area (Å²) in [4.78, 5) is 10.4. The Kier molecular flexibility index (Phi) is 4.63. The Balaban J connectivity index is 1.23. The minimum Gasteiger partial charge on any atom is -0.476 e. The Morgan fingerprint density at radius 1 is 1.16 bits per heavy atom. The normalized spacial score (nSPS) is 15.1. The highest BCUT2D eigenvalue weighted by atomic mass is 35.5. The predicted octanol–water partition coefficient (Wildman–Crippen LogP) is 2.83. The highest BCUT2D eigenvalue weighted by Crippen LogP contribution is 2.20. The number of nitrogens with zero attached hydrogens (tertiary/aromatic N) is 5. The van der Waals surface area contributed by atoms with Gasteiger partial charge < -0.3 is 4.74 Å². The van der Waals surface area contributed by atoms with Gasteiger partial charge in [-0.2, -0.15) is 10.1 Å². The Bertz CT molecular complexity index is 816. The first-order chi connectivity index (χ1) is 12.3. The number of ether oxygens (including phenoxy) is 1. The number of rotatable bonds is 6. The van der Waals surface area contributed by atoms with Crippen LogP contribution in [-0.2, 0) is 6.54 Å². The fraction of sp³-hybridized carbons (Fsp3) is 0.278. The number of likely N-dealkylation sites (tertiary alicyclic amines) is 1. The molecule has 0 amide bonds. The molecule has 1 aromatic carbocycles. The summed E-state index contributed by atoms with van der Waals surface area (Å²) in [6.45, 7) is 3.64. The van der Waals surface area contributed by atoms with Crippen LogP contribution >= 0.6 is 11.6 Å². The van der Waals surface area contributed by atoms with Crippen molar-refractivity contribution in [2.45, 2.75) is 6.54 Å². The fourth-order valence-corrected chi connectivity index (χ4v) is 3.08. The smallest absolute Gasteiger partial charge is 0.233 e. The SMILES string of the molecule is Clc1cncc(OCC2CN(Cc3ccc(-n4cccn4)cc3)C2)n1. The molecule has 1 aliphatic heterocycles. The average Bonchev–Trinajstić information content (AvgIpc) is 3.12. The number of aromatic nitrogens is 4. The largest absolute Gasteiger partial charge is 0.476 e. The first-order valence-electron chi connectivity index (χ1n) is 8.18. The zero-order valence-corrected chi connectivity index (χ0v) is 14.4. The lowest BCUT2D eigenvalue weighted by Gasteiger charge is -2.38. The summed E-state index contributed by atoms with van der Waals surface area (Å²) in [5, 5.41) is 4.59. The minimum atomic E-state index is 0.353. The summed E-state index contributed by atoms with van der Waals surface area (Å²) in [5.74, 6) is 1.00. The minimum absolute atomic E-state index is 0.353. The van der Waals surface area contributed by atoms with Crippen LogP contribution in [0.2, 0.25) is 5.15 Å². The highest BCUT2D eigenvalue weighted by Gasteiger charge is 2.27. The molecule has 3 heterocycles. The predicted molar refractivity (Wildman–Crippen MR) is 94.9 cm³/mol. The summed E-state index contributed by atoms with van der Waals surface area (Å²) >= 11 is 5.80. The lowest BCUT2D eigenvalue weighted by atomic mass is 10.0. The second-order valence-electron chi connectivity index (χ2n) is 6.17. The van der Waals surface area contributed by atoms with Crippen LogP contribution in [0.5, 0.6) is 5.88 Å². The van der Waals surface area contributed by atoms with E-state index in [4.69, 9.17) is 16.3 Å². The maximum absolute atomic E-state index is 5.80. The lowest BCUT2D eigenvalue weighted by molar-refractivity contribution is 0.0543. The van der Waals surface area contributed by atoms with E-state index in [0.29, 0.717) is 23.6 Å². The number of hydrogen-bond acceptors (Lipinski definition) is 5. The zero-order valence-electron chi connectivity index (χ0n) is 13.6. The van der Waals surface area contributed by atoms with Crippen LogP contribution in [0.25, 0.3) is 5.69 Å². The quantitative estimate of drug-likeness (QED) is 0.680. The summed E-state index contributed by atoms with van der Waals surface area (Å²) in [7, 11) is 0. The van der Waals surface area contributed by atoms with Crippen LogP contribution < -0.4 is 4.74 Å². The summed E-state index contributed by atoms with van der Waals surface area (Å²) in [5.41, 5.74) is 2.38. The van der Waals surface area contributed by atoms with Crippen molar-refractivity contribution in [2.75, 3.05) is 19.7 Å². The first-order valence-corrected chi connectivity index (χ1v) is 8.56. The number of halogens is 1. The van der Waals surface area contributed by atoms with Crippen molar-refractivity contribution in [3.8, 4) is 11.6 Å². The second-order valence-corrected chi connectivity index (χ2v) is 6.56. The van der Waals surface area contributed by atoms with Crippen molar-refractivity contribution in [3.63, 3.8) is 0 Å². The number of hydrogen-bond donors (Lipinski definition) is 0. The Labute approximate surface area is 151 Å². The highest BCUT2D eigenvalue weighted by molar-refractivity contribution is 6.29. The average molecular weight is 356 g/mol. The van der Waals surface area contributed by atoms with E-state index in [1.165, 1.54) is 11.8 Å². The maximum Gasteiger partial charge on any atom is 0.233 e. The molecule has 3 aromatic rings. The second kappa shape index (κ2) is 7.21. The molecule has 1 saturated heterocycles. The van der Waals surface area contributed by atoms with Crippen LogP contribution in [-0.4, -0.2) is 44.3 Å². The molecule has 0 bridgehead atoms. The van der Waals surface area contributed by atoms with Gasteiger partial charge in [0.15, 0.2) is 5.15 Å². The van der Waals surface area contributed by atoms with Gasteiger partial charge in [-0.15, -0.1) is 0 Å². The Morgan fingerprint density at radius 2 is 2.00 bits per heavy atom. The molecule has 4 rings (SSSR count). The van der Waals surface area contributed by atoms with Crippen molar-refractivity contribution in [1.29, 1.82) is 0 Å². The van der Waals surface area contributed by atoms with Gasteiger partial charge in [0.25, 0.3) is 0 Å². The van der Waals surface area contributed by atoms with Crippen LogP contribution in [0.4, 0.5) is 0 Å². The van der Waals surface area contributed by atoms with Gasteiger partial charge in [-0.3, -0.25) is 9.88 Å². The molecular formula is C18H18ClN5O. The van der Waals surface area contributed by atoms with E-state index in [0.717, 1.165) is 25.3 Å². The monoisotopic (exact) mass is 355 g/mol. The van der Waals surface area contributed by atoms with Crippen LogP contribution in [0, 0.1) is 5.92 Å². The molecule has 0 saturated carbocycles. The molecule has 0 atom stereocenters. The summed E-state index contributed by atoms with van der Waals surface area (Å²) in [6, 6.07) is 10.4. The van der Waals surface area contributed by atoms with Gasteiger partial charge in [0.1, 0.15) is 0 Å². The van der Waals surface area contributed by atoms with E-state index in [2.05, 4.69) is 44.2 Å². The van der Waals surface area contributed by atoms with Crippen molar-refractivity contribution >= 4 is 11.6 Å². The molecule has 7 heteroatoms. The standard InChI is InChI=1S/C18H18ClN5O/c19-17-8-20-9-18(22-17)25-13-15-11-23(12-15)10-14-2-4-16(5-3-14)24-7-1-6-21-24/h1-9,15H,10-13H2. The van der Waals surface area contributed by atoms with Crippen LogP contribution in [0.15, 0.2) is 55.1 Å². The molecule has 128 valence electrons. The van der Waals surface area contributed by atoms with Gasteiger partial charge in [0.05, 0.1) is 24.7 Å². The molecule has 2 aromatic heterocycles. The van der Waals surface area contributed by atoms with Crippen molar-refractivity contribution in [2.24, 2.45) is 5.92 Å². The molecule has 25 heavy (non-hydrogen) atoms. The molecular weight excluding hydrogens is 338 g/mol. The Hall–Kier alpha value is -2.44. The molecule has 0 aliphatic carbocycles. The number of benzene rings is 1. The molecule has 0 spiro atoms. The third kappa shape index (κ3) is 3.97. The van der Waals surface area contributed by atoms with Gasteiger partial charge >= 0.3 is 0 Å². The molecule has 0 N–H and O–H groups in total. The molecule has 6 nitrogen and oxygen atoms in total. The van der Waals surface area contributed by atoms with E-state index in [9.17, 15) is 0 Å². The molecule has 1 fully saturated rings. The molecule has 0 radical (unpaired) electrons. The van der Waals surface area contributed by atoms with E-state index in [1.54, 1.807) is 12.4 Å². The summed E-state index contributed by atoms with van der Waals surface area (Å²) in [6.07, 6.45) is 6.81. The van der Waals surface area contributed by atoms with E-state index in [-0.39, 0.29) is 0 Å². The van der Waals surface area contributed by atoms with Gasteiger partial charge in [-0.1, -0.05) is 23.7 Å². The maximum atomic E-state index is 5.80. The van der Waals surface area contributed by atoms with E-state index >= 15 is 0 Å². The van der Waals surface area contributed by atoms with Gasteiger partial charge in [0.2, 0.25) is 5.88 Å². The van der Waals surface area contributed by atoms with Crippen LogP contribution in [0.1, 0.15) is 5.56 Å². The van der Waals surface area contributed by atoms with Crippen molar-refractivity contribution < 1.29 is 4.74 Å². The van der Waals surface area contributed by atoms with Gasteiger partial charge in [0, 0.05) is 37.9 Å². The van der Waals surface area contributed by atoms with Crippen LogP contribution in [0.3, 0.4) is 0 Å². The fourth-order valence-electron chi connectivity index (χ4n) is 2.94. The van der Waals surface area contributed by atoms with Crippen molar-refractivity contribution in [1.82, 2.24) is 24.6 Å². The molecule has 0 unspecified atom stereocenters. The van der Waals surface area contributed by atoms with E-state index in [1.807, 2.05) is 16.9 Å². The Morgan fingerprint density at radius 3 is 2.72 bits per heavy atom. The molecule has 1 aliphatic rings. The van der Waals surface area contributed by atoms with Crippen molar-refractivity contribution in [3.05, 3.63) is 65.8 Å². The zero-order chi connectivity index (χ0) is 17.1.